The summed E-state index contributed by atoms with van der Waals surface area (Å²) in [6.07, 6.45) is 0.607. The molecule has 1 aromatic carbocycles. The van der Waals surface area contributed by atoms with Crippen LogP contribution >= 0.6 is 23.2 Å². The summed E-state index contributed by atoms with van der Waals surface area (Å²) in [6.45, 7) is 5.44. The van der Waals surface area contributed by atoms with Gasteiger partial charge in [-0.25, -0.2) is 4.79 Å². The fraction of sp³-hybridized carbons (Fsp3) is 0.412. The number of hydrogen-bond donors (Lipinski definition) is 1. The Morgan fingerprint density at radius 1 is 1.39 bits per heavy atom. The van der Waals surface area contributed by atoms with Gasteiger partial charge in [0.1, 0.15) is 0 Å². The third kappa shape index (κ3) is 3.88. The van der Waals surface area contributed by atoms with E-state index in [9.17, 15) is 9.59 Å². The van der Waals surface area contributed by atoms with Crippen LogP contribution < -0.4 is 5.32 Å². The van der Waals surface area contributed by atoms with E-state index in [2.05, 4.69) is 5.32 Å². The second-order valence-electron chi connectivity index (χ2n) is 5.60. The number of esters is 1. The van der Waals surface area contributed by atoms with Crippen molar-refractivity contribution in [2.45, 2.75) is 45.6 Å². The largest absolute Gasteiger partial charge is 0.459 e. The minimum atomic E-state index is -0.512. The molecule has 0 saturated heterocycles. The van der Waals surface area contributed by atoms with Gasteiger partial charge in [-0.15, -0.1) is 0 Å². The quantitative estimate of drug-likeness (QED) is 0.822. The zero-order valence-corrected chi connectivity index (χ0v) is 14.8. The highest BCUT2D eigenvalue weighted by Gasteiger charge is 2.35. The van der Waals surface area contributed by atoms with Gasteiger partial charge in [-0.1, -0.05) is 36.2 Å². The third-order valence-corrected chi connectivity index (χ3v) is 4.58. The lowest BCUT2D eigenvalue weighted by Crippen LogP contribution is -2.35. The molecule has 1 amide bonds. The first-order valence-corrected chi connectivity index (χ1v) is 8.26. The molecule has 1 heterocycles. The van der Waals surface area contributed by atoms with Gasteiger partial charge >= 0.3 is 5.97 Å². The summed E-state index contributed by atoms with van der Waals surface area (Å²) in [5, 5.41) is 3.55. The minimum absolute atomic E-state index is 0.103. The molecule has 0 spiro atoms. The van der Waals surface area contributed by atoms with Gasteiger partial charge in [0.2, 0.25) is 5.91 Å². The summed E-state index contributed by atoms with van der Waals surface area (Å²) in [5.41, 5.74) is 1.47. The number of halogens is 2. The van der Waals surface area contributed by atoms with Crippen LogP contribution in [0.3, 0.4) is 0 Å². The monoisotopic (exact) mass is 355 g/mol. The molecule has 124 valence electrons. The fourth-order valence-electron chi connectivity index (χ4n) is 2.59. The van der Waals surface area contributed by atoms with Crippen LogP contribution in [0.1, 0.15) is 45.1 Å². The van der Waals surface area contributed by atoms with Crippen molar-refractivity contribution >= 4 is 35.1 Å². The number of carbonyl (C=O) groups excluding carboxylic acids is 2. The molecule has 0 fully saturated rings. The first kappa shape index (κ1) is 17.8. The zero-order chi connectivity index (χ0) is 17.1. The Balaban J connectivity index is 2.49. The van der Waals surface area contributed by atoms with E-state index in [1.165, 1.54) is 0 Å². The summed E-state index contributed by atoms with van der Waals surface area (Å²) in [7, 11) is 0. The SMILES string of the molecule is CC[C@@H](C)OC(=O)C1=C(C)NC(=O)C[C@@H]1c1c(Cl)cccc1Cl. The molecule has 0 aliphatic carbocycles. The van der Waals surface area contributed by atoms with Crippen LogP contribution in [0.25, 0.3) is 0 Å². The lowest BCUT2D eigenvalue weighted by atomic mass is 9.84. The van der Waals surface area contributed by atoms with Crippen molar-refractivity contribution in [1.82, 2.24) is 5.32 Å². The molecule has 1 aliphatic rings. The number of carbonyl (C=O) groups is 2. The second kappa shape index (κ2) is 7.37. The van der Waals surface area contributed by atoms with E-state index in [-0.39, 0.29) is 18.4 Å². The summed E-state index contributed by atoms with van der Waals surface area (Å²) >= 11 is 12.5. The van der Waals surface area contributed by atoms with E-state index in [1.54, 1.807) is 25.1 Å². The number of benzene rings is 1. The minimum Gasteiger partial charge on any atom is -0.459 e. The first-order chi connectivity index (χ1) is 10.8. The van der Waals surface area contributed by atoms with Gasteiger partial charge in [0, 0.05) is 28.1 Å². The van der Waals surface area contributed by atoms with Crippen molar-refractivity contribution in [2.75, 3.05) is 0 Å². The van der Waals surface area contributed by atoms with Crippen molar-refractivity contribution in [3.8, 4) is 0 Å². The number of nitrogens with one attached hydrogen (secondary N) is 1. The smallest absolute Gasteiger partial charge is 0.336 e. The number of ether oxygens (including phenoxy) is 1. The van der Waals surface area contributed by atoms with E-state index >= 15 is 0 Å². The molecule has 2 rings (SSSR count). The maximum atomic E-state index is 12.6. The Morgan fingerprint density at radius 3 is 2.57 bits per heavy atom. The van der Waals surface area contributed by atoms with Gasteiger partial charge in [-0.05, 0) is 38.0 Å². The Bertz CT molecular complexity index is 650. The summed E-state index contributed by atoms with van der Waals surface area (Å²) in [5.74, 6) is -1.14. The van der Waals surface area contributed by atoms with Crippen molar-refractivity contribution in [3.63, 3.8) is 0 Å². The molecule has 2 atom stereocenters. The average Bonchev–Trinajstić information content (AvgIpc) is 2.46. The van der Waals surface area contributed by atoms with Crippen LogP contribution in [0.5, 0.6) is 0 Å². The lowest BCUT2D eigenvalue weighted by Gasteiger charge is -2.28. The molecule has 0 saturated carbocycles. The molecule has 0 bridgehead atoms. The maximum Gasteiger partial charge on any atom is 0.336 e. The molecule has 1 N–H and O–H groups in total. The Hall–Kier alpha value is -1.52. The number of allylic oxidation sites excluding steroid dienone is 1. The molecule has 0 unspecified atom stereocenters. The van der Waals surface area contributed by atoms with Crippen LogP contribution in [-0.2, 0) is 14.3 Å². The first-order valence-electron chi connectivity index (χ1n) is 7.50. The Morgan fingerprint density at radius 2 is 2.00 bits per heavy atom. The van der Waals surface area contributed by atoms with E-state index in [0.29, 0.717) is 33.3 Å². The second-order valence-corrected chi connectivity index (χ2v) is 6.42. The van der Waals surface area contributed by atoms with Crippen LogP contribution in [0.15, 0.2) is 29.5 Å². The predicted molar refractivity (Wildman–Crippen MR) is 90.5 cm³/mol. The van der Waals surface area contributed by atoms with E-state index < -0.39 is 11.9 Å². The summed E-state index contributed by atoms with van der Waals surface area (Å²) in [4.78, 5) is 24.5. The van der Waals surface area contributed by atoms with Gasteiger partial charge < -0.3 is 10.1 Å². The summed E-state index contributed by atoms with van der Waals surface area (Å²) < 4.78 is 5.44. The number of rotatable bonds is 4. The molecule has 0 aromatic heterocycles. The number of amides is 1. The van der Waals surface area contributed by atoms with Gasteiger partial charge in [0.15, 0.2) is 0 Å². The Labute approximate surface area is 145 Å². The lowest BCUT2D eigenvalue weighted by molar-refractivity contribution is -0.144. The molecule has 0 radical (unpaired) electrons. The molecular formula is C17H19Cl2NO3. The van der Waals surface area contributed by atoms with Gasteiger partial charge in [-0.2, -0.15) is 0 Å². The average molecular weight is 356 g/mol. The zero-order valence-electron chi connectivity index (χ0n) is 13.3. The molecule has 6 heteroatoms. The highest BCUT2D eigenvalue weighted by atomic mass is 35.5. The molecule has 1 aromatic rings. The van der Waals surface area contributed by atoms with Gasteiger partial charge in [-0.3, -0.25) is 4.79 Å². The van der Waals surface area contributed by atoms with Crippen LogP contribution in [-0.4, -0.2) is 18.0 Å². The number of hydrogen-bond acceptors (Lipinski definition) is 3. The van der Waals surface area contributed by atoms with Crippen molar-refractivity contribution in [1.29, 1.82) is 0 Å². The van der Waals surface area contributed by atoms with Crippen molar-refractivity contribution in [3.05, 3.63) is 45.1 Å². The summed E-state index contributed by atoms with van der Waals surface area (Å²) in [6, 6.07) is 5.12. The van der Waals surface area contributed by atoms with Crippen molar-refractivity contribution in [2.24, 2.45) is 0 Å². The van der Waals surface area contributed by atoms with Crippen LogP contribution in [0.2, 0.25) is 10.0 Å². The third-order valence-electron chi connectivity index (χ3n) is 3.92. The molecule has 4 nitrogen and oxygen atoms in total. The van der Waals surface area contributed by atoms with Gasteiger partial charge in [0.05, 0.1) is 11.7 Å². The molecule has 1 aliphatic heterocycles. The predicted octanol–water partition coefficient (Wildman–Crippen LogP) is 4.21. The Kier molecular flexibility index (Phi) is 5.71. The normalized spacial score (nSPS) is 19.3. The van der Waals surface area contributed by atoms with Gasteiger partial charge in [0.25, 0.3) is 0 Å². The van der Waals surface area contributed by atoms with E-state index in [1.807, 2.05) is 13.8 Å². The standard InChI is InChI=1S/C17H19Cl2NO3/c1-4-9(2)23-17(22)15-10(3)20-14(21)8-11(15)16-12(18)6-5-7-13(16)19/h5-7,9,11H,4,8H2,1-3H3,(H,20,21)/t9-,11+/m1/s1. The van der Waals surface area contributed by atoms with Crippen molar-refractivity contribution < 1.29 is 14.3 Å². The maximum absolute atomic E-state index is 12.6. The highest BCUT2D eigenvalue weighted by molar-refractivity contribution is 6.36. The fourth-order valence-corrected chi connectivity index (χ4v) is 3.25. The van der Waals surface area contributed by atoms with Crippen LogP contribution in [0, 0.1) is 0 Å². The topological polar surface area (TPSA) is 55.4 Å². The van der Waals surface area contributed by atoms with E-state index in [4.69, 9.17) is 27.9 Å². The van der Waals surface area contributed by atoms with E-state index in [0.717, 1.165) is 0 Å². The molecular weight excluding hydrogens is 337 g/mol. The highest BCUT2D eigenvalue weighted by Crippen LogP contribution is 2.40. The van der Waals surface area contributed by atoms with Crippen LogP contribution in [0.4, 0.5) is 0 Å². The molecule has 23 heavy (non-hydrogen) atoms.